The molecule has 2 atom stereocenters. The van der Waals surface area contributed by atoms with Gasteiger partial charge in [-0.3, -0.25) is 9.59 Å². The first-order chi connectivity index (χ1) is 20.1. The number of hydrogen-bond donors (Lipinski definition) is 4. The van der Waals surface area contributed by atoms with Crippen LogP contribution in [-0.4, -0.2) is 34.1 Å². The molecule has 42 heavy (non-hydrogen) atoms. The number of rotatable bonds is 10. The predicted octanol–water partition coefficient (Wildman–Crippen LogP) is 5.14. The molecule has 0 saturated heterocycles. The standard InChI is InChI=1S/C36H40N2O4/c1-25(2)31(35(41,27-17-9-5-10-18-27)28-19-11-6-12-20-28)37-33(39)34(40)38-32(26(3)4)36(42,29-21-13-7-14-22-29)30-23-15-8-16-24-30/h5-26,31-32,41-42H,1-4H3,(H,37,39)(H,38,40). The fraction of sp³-hybridized carbons (Fsp3) is 0.278. The molecule has 0 aliphatic heterocycles. The smallest absolute Gasteiger partial charge is 0.309 e. The minimum Gasteiger partial charge on any atom is -0.378 e. The van der Waals surface area contributed by atoms with Gasteiger partial charge in [-0.1, -0.05) is 149 Å². The molecule has 4 aromatic rings. The van der Waals surface area contributed by atoms with E-state index in [0.717, 1.165) is 0 Å². The SMILES string of the molecule is CC(C)C(NC(=O)C(=O)NC(C(C)C)C(O)(c1ccccc1)c1ccccc1)C(O)(c1ccccc1)c1ccccc1. The van der Waals surface area contributed by atoms with E-state index in [1.807, 2.05) is 149 Å². The van der Waals surface area contributed by atoms with Crippen LogP contribution in [-0.2, 0) is 20.8 Å². The van der Waals surface area contributed by atoms with E-state index >= 15 is 0 Å². The summed E-state index contributed by atoms with van der Waals surface area (Å²) in [6.07, 6.45) is 0. The molecule has 6 nitrogen and oxygen atoms in total. The van der Waals surface area contributed by atoms with E-state index in [1.54, 1.807) is 0 Å². The van der Waals surface area contributed by atoms with Gasteiger partial charge in [0.05, 0.1) is 12.1 Å². The number of benzene rings is 4. The van der Waals surface area contributed by atoms with Gasteiger partial charge in [0.15, 0.2) is 0 Å². The Morgan fingerprint density at radius 2 is 0.690 bits per heavy atom. The van der Waals surface area contributed by atoms with E-state index < -0.39 is 35.1 Å². The highest BCUT2D eigenvalue weighted by Crippen LogP contribution is 2.37. The number of amides is 2. The summed E-state index contributed by atoms with van der Waals surface area (Å²) in [5.74, 6) is -2.29. The van der Waals surface area contributed by atoms with Crippen LogP contribution in [0.15, 0.2) is 121 Å². The van der Waals surface area contributed by atoms with Crippen LogP contribution in [0.3, 0.4) is 0 Å². The molecule has 0 spiro atoms. The number of carbonyl (C=O) groups is 2. The van der Waals surface area contributed by atoms with Crippen LogP contribution < -0.4 is 10.6 Å². The van der Waals surface area contributed by atoms with E-state index in [-0.39, 0.29) is 11.8 Å². The van der Waals surface area contributed by atoms with E-state index in [9.17, 15) is 19.8 Å². The molecule has 0 aromatic heterocycles. The maximum absolute atomic E-state index is 13.6. The Morgan fingerprint density at radius 3 is 0.881 bits per heavy atom. The highest BCUT2D eigenvalue weighted by Gasteiger charge is 2.46. The third-order valence-electron chi connectivity index (χ3n) is 7.87. The number of nitrogens with one attached hydrogen (secondary N) is 2. The Labute approximate surface area is 248 Å². The van der Waals surface area contributed by atoms with E-state index in [1.165, 1.54) is 0 Å². The highest BCUT2D eigenvalue weighted by atomic mass is 16.3. The zero-order chi connectivity index (χ0) is 30.3. The van der Waals surface area contributed by atoms with E-state index in [0.29, 0.717) is 22.3 Å². The topological polar surface area (TPSA) is 98.7 Å². The number of hydrogen-bond acceptors (Lipinski definition) is 4. The molecule has 0 saturated carbocycles. The molecule has 6 heteroatoms. The molecule has 2 unspecified atom stereocenters. The molecule has 0 bridgehead atoms. The van der Waals surface area contributed by atoms with Crippen molar-refractivity contribution in [2.24, 2.45) is 11.8 Å². The third kappa shape index (κ3) is 6.15. The Hall–Kier alpha value is -4.26. The quantitative estimate of drug-likeness (QED) is 0.201. The molecule has 0 aliphatic rings. The van der Waals surface area contributed by atoms with Crippen LogP contribution in [0.2, 0.25) is 0 Å². The molecule has 2 amide bonds. The second-order valence-corrected chi connectivity index (χ2v) is 11.4. The summed E-state index contributed by atoms with van der Waals surface area (Å²) in [6, 6.07) is 34.9. The largest absolute Gasteiger partial charge is 0.378 e. The zero-order valence-corrected chi connectivity index (χ0v) is 24.6. The first-order valence-corrected chi connectivity index (χ1v) is 14.4. The highest BCUT2D eigenvalue weighted by molar-refractivity contribution is 6.35. The molecular formula is C36H40N2O4. The summed E-state index contributed by atoms with van der Waals surface area (Å²) in [7, 11) is 0. The number of carbonyl (C=O) groups excluding carboxylic acids is 2. The zero-order valence-electron chi connectivity index (χ0n) is 24.6. The van der Waals surface area contributed by atoms with Crippen LogP contribution in [0.4, 0.5) is 0 Å². The van der Waals surface area contributed by atoms with Crippen molar-refractivity contribution in [1.82, 2.24) is 10.6 Å². The summed E-state index contributed by atoms with van der Waals surface area (Å²) in [4.78, 5) is 27.2. The maximum Gasteiger partial charge on any atom is 0.309 e. The second kappa shape index (κ2) is 13.1. The van der Waals surface area contributed by atoms with Crippen LogP contribution in [0.5, 0.6) is 0 Å². The van der Waals surface area contributed by atoms with E-state index in [4.69, 9.17) is 0 Å². The van der Waals surface area contributed by atoms with Crippen LogP contribution >= 0.6 is 0 Å². The van der Waals surface area contributed by atoms with Gasteiger partial charge in [0.2, 0.25) is 0 Å². The van der Waals surface area contributed by atoms with Gasteiger partial charge in [-0.15, -0.1) is 0 Å². The predicted molar refractivity (Wildman–Crippen MR) is 165 cm³/mol. The van der Waals surface area contributed by atoms with Crippen molar-refractivity contribution < 1.29 is 19.8 Å². The lowest BCUT2D eigenvalue weighted by atomic mass is 9.75. The van der Waals surface area contributed by atoms with Crippen molar-refractivity contribution in [3.05, 3.63) is 144 Å². The molecular weight excluding hydrogens is 524 g/mol. The fourth-order valence-electron chi connectivity index (χ4n) is 5.74. The van der Waals surface area contributed by atoms with Crippen molar-refractivity contribution in [3.63, 3.8) is 0 Å². The molecule has 4 aromatic carbocycles. The van der Waals surface area contributed by atoms with Crippen LogP contribution in [0, 0.1) is 11.8 Å². The van der Waals surface area contributed by atoms with Gasteiger partial charge in [0, 0.05) is 0 Å². The molecule has 0 radical (unpaired) electrons. The lowest BCUT2D eigenvalue weighted by molar-refractivity contribution is -0.142. The van der Waals surface area contributed by atoms with Crippen molar-refractivity contribution in [2.45, 2.75) is 51.0 Å². The van der Waals surface area contributed by atoms with Crippen LogP contribution in [0.1, 0.15) is 49.9 Å². The van der Waals surface area contributed by atoms with Gasteiger partial charge < -0.3 is 20.8 Å². The van der Waals surface area contributed by atoms with Crippen LogP contribution in [0.25, 0.3) is 0 Å². The molecule has 4 N–H and O–H groups in total. The van der Waals surface area contributed by atoms with Crippen molar-refractivity contribution in [2.75, 3.05) is 0 Å². The summed E-state index contributed by atoms with van der Waals surface area (Å²) < 4.78 is 0. The molecule has 0 aliphatic carbocycles. The molecule has 4 rings (SSSR count). The van der Waals surface area contributed by atoms with Gasteiger partial charge in [0.25, 0.3) is 0 Å². The lowest BCUT2D eigenvalue weighted by Crippen LogP contribution is -2.60. The fourth-order valence-corrected chi connectivity index (χ4v) is 5.74. The van der Waals surface area contributed by atoms with Crippen molar-refractivity contribution in [3.8, 4) is 0 Å². The lowest BCUT2D eigenvalue weighted by Gasteiger charge is -2.41. The summed E-state index contributed by atoms with van der Waals surface area (Å²) in [6.45, 7) is 7.56. The Kier molecular flexibility index (Phi) is 9.61. The Morgan fingerprint density at radius 1 is 0.476 bits per heavy atom. The molecule has 0 heterocycles. The minimum atomic E-state index is -1.61. The average molecular weight is 565 g/mol. The first kappa shape index (κ1) is 30.7. The molecule has 0 fully saturated rings. The maximum atomic E-state index is 13.6. The van der Waals surface area contributed by atoms with E-state index in [2.05, 4.69) is 10.6 Å². The Balaban J connectivity index is 1.69. The van der Waals surface area contributed by atoms with Gasteiger partial charge in [-0.2, -0.15) is 0 Å². The van der Waals surface area contributed by atoms with Gasteiger partial charge in [0.1, 0.15) is 11.2 Å². The second-order valence-electron chi connectivity index (χ2n) is 11.4. The third-order valence-corrected chi connectivity index (χ3v) is 7.87. The van der Waals surface area contributed by atoms with Gasteiger partial charge >= 0.3 is 11.8 Å². The van der Waals surface area contributed by atoms with Crippen molar-refractivity contribution in [1.29, 1.82) is 0 Å². The monoisotopic (exact) mass is 564 g/mol. The normalized spacial score (nSPS) is 13.4. The van der Waals surface area contributed by atoms with Crippen molar-refractivity contribution >= 4 is 11.8 Å². The minimum absolute atomic E-state index is 0.251. The summed E-state index contributed by atoms with van der Waals surface area (Å²) >= 11 is 0. The summed E-state index contributed by atoms with van der Waals surface area (Å²) in [5, 5.41) is 30.3. The van der Waals surface area contributed by atoms with Gasteiger partial charge in [-0.25, -0.2) is 0 Å². The van der Waals surface area contributed by atoms with Gasteiger partial charge in [-0.05, 0) is 34.1 Å². The summed E-state index contributed by atoms with van der Waals surface area (Å²) in [5.41, 5.74) is -0.842. The Bertz CT molecular complexity index is 1250. The molecule has 218 valence electrons. The number of aliphatic hydroxyl groups is 2. The average Bonchev–Trinajstić information content (AvgIpc) is 3.02. The first-order valence-electron chi connectivity index (χ1n) is 14.4.